The molecule has 0 bridgehead atoms. The number of carbonyl (C=O) groups excluding carboxylic acids is 3. The maximum atomic E-state index is 12.0. The third-order valence-corrected chi connectivity index (χ3v) is 3.26. The average molecular weight is 330 g/mol. The van der Waals surface area contributed by atoms with Crippen LogP contribution in [0.5, 0.6) is 0 Å². The second kappa shape index (κ2) is 7.46. The molecule has 118 valence electrons. The molecule has 1 aliphatic rings. The van der Waals surface area contributed by atoms with E-state index in [-0.39, 0.29) is 12.8 Å². The molecular weight excluding hydrogens is 316 g/mol. The Morgan fingerprint density at radius 3 is 2.52 bits per heavy atom. The van der Waals surface area contributed by atoms with Gasteiger partial charge >= 0.3 is 6.09 Å². The zero-order chi connectivity index (χ0) is 16.8. The van der Waals surface area contributed by atoms with Crippen molar-refractivity contribution in [1.82, 2.24) is 10.4 Å². The number of rotatable bonds is 5. The van der Waals surface area contributed by atoms with Gasteiger partial charge in [0.1, 0.15) is 0 Å². The lowest BCUT2D eigenvalue weighted by Crippen LogP contribution is -2.36. The minimum atomic E-state index is -0.949. The number of nitrogens with one attached hydrogen (secondary N) is 1. The molecule has 2 rings (SSSR count). The van der Waals surface area contributed by atoms with Crippen LogP contribution in [0.2, 0.25) is 0 Å². The maximum absolute atomic E-state index is 12.0. The van der Waals surface area contributed by atoms with E-state index in [1.165, 1.54) is 11.4 Å². The lowest BCUT2D eigenvalue weighted by atomic mass is 10.0. The molecule has 1 N–H and O–H groups in total. The molecule has 7 heteroatoms. The Bertz CT molecular complexity index is 696. The van der Waals surface area contributed by atoms with Crippen LogP contribution in [0, 0.1) is 0 Å². The van der Waals surface area contributed by atoms with Crippen LogP contribution in [0.4, 0.5) is 4.79 Å². The molecule has 1 heterocycles. The van der Waals surface area contributed by atoms with E-state index in [2.05, 4.69) is 11.9 Å². The molecule has 1 saturated heterocycles. The molecule has 3 amide bonds. The summed E-state index contributed by atoms with van der Waals surface area (Å²) in [4.78, 5) is 39.6. The average Bonchev–Trinajstić information content (AvgIpc) is 2.86. The highest BCUT2D eigenvalue weighted by Crippen LogP contribution is 2.19. The van der Waals surface area contributed by atoms with Crippen LogP contribution in [-0.2, 0) is 14.4 Å². The number of hydrogen-bond donors (Lipinski definition) is 1. The van der Waals surface area contributed by atoms with Crippen molar-refractivity contribution in [3.8, 4) is 0 Å². The van der Waals surface area contributed by atoms with Crippen molar-refractivity contribution in [1.29, 1.82) is 0 Å². The molecule has 1 fully saturated rings. The number of hydroxylamine groups is 2. The van der Waals surface area contributed by atoms with Gasteiger partial charge in [0.25, 0.3) is 11.8 Å². The van der Waals surface area contributed by atoms with Crippen molar-refractivity contribution < 1.29 is 19.2 Å². The third kappa shape index (κ3) is 3.89. The summed E-state index contributed by atoms with van der Waals surface area (Å²) >= 11 is 4.80. The van der Waals surface area contributed by atoms with E-state index < -0.39 is 17.9 Å². The lowest BCUT2D eigenvalue weighted by Gasteiger charge is -2.15. The number of imide groups is 1. The zero-order valence-corrected chi connectivity index (χ0v) is 13.0. The number of amides is 3. The predicted octanol–water partition coefficient (Wildman–Crippen LogP) is 2.46. The van der Waals surface area contributed by atoms with Crippen LogP contribution in [0.3, 0.4) is 0 Å². The highest BCUT2D eigenvalue weighted by atomic mass is 32.1. The number of nitrogens with zero attached hydrogens (tertiary/aromatic N) is 1. The Balaban J connectivity index is 2.17. The molecule has 0 aliphatic carbocycles. The second-order valence-corrected chi connectivity index (χ2v) is 4.87. The second-order valence-electron chi connectivity index (χ2n) is 4.59. The molecule has 0 unspecified atom stereocenters. The number of benzene rings is 1. The molecule has 0 saturated carbocycles. The molecule has 1 aromatic carbocycles. The van der Waals surface area contributed by atoms with Crippen molar-refractivity contribution >= 4 is 47.3 Å². The molecule has 0 spiro atoms. The lowest BCUT2D eigenvalue weighted by molar-refractivity contribution is -0.171. The van der Waals surface area contributed by atoms with Crippen molar-refractivity contribution in [3.05, 3.63) is 48.0 Å². The SMILES string of the molecule is C=Cc1ccccc1/C(=C\C=S)NC(=O)ON1C(=O)CCC1=O. The van der Waals surface area contributed by atoms with Crippen molar-refractivity contribution in [2.45, 2.75) is 12.8 Å². The van der Waals surface area contributed by atoms with Gasteiger partial charge in [0.15, 0.2) is 0 Å². The van der Waals surface area contributed by atoms with Gasteiger partial charge in [-0.05, 0) is 11.6 Å². The molecule has 1 aromatic rings. The van der Waals surface area contributed by atoms with Gasteiger partial charge in [-0.2, -0.15) is 0 Å². The summed E-state index contributed by atoms with van der Waals surface area (Å²) in [5, 5.41) is 4.30. The summed E-state index contributed by atoms with van der Waals surface area (Å²) in [6.07, 6.45) is 2.26. The molecule has 1 aliphatic heterocycles. The van der Waals surface area contributed by atoms with Crippen LogP contribution in [0.15, 0.2) is 36.9 Å². The van der Waals surface area contributed by atoms with Crippen molar-refractivity contribution in [3.63, 3.8) is 0 Å². The van der Waals surface area contributed by atoms with Crippen LogP contribution in [0.1, 0.15) is 24.0 Å². The van der Waals surface area contributed by atoms with E-state index in [0.29, 0.717) is 16.3 Å². The van der Waals surface area contributed by atoms with Crippen LogP contribution < -0.4 is 5.32 Å². The summed E-state index contributed by atoms with van der Waals surface area (Å²) in [7, 11) is 0. The standard InChI is InChI=1S/C16H14N2O4S/c1-2-11-5-3-4-6-12(11)13(9-10-23)17-16(21)22-18-14(19)7-8-15(18)20/h2-6,9-10H,1,7-8H2,(H,17,21)/b13-9+. The third-order valence-electron chi connectivity index (χ3n) is 3.12. The van der Waals surface area contributed by atoms with E-state index in [4.69, 9.17) is 17.1 Å². The number of thiocarbonyl (C=S) groups is 1. The zero-order valence-electron chi connectivity index (χ0n) is 12.2. The molecular formula is C16H14N2O4S. The van der Waals surface area contributed by atoms with Crippen molar-refractivity contribution in [2.24, 2.45) is 0 Å². The summed E-state index contributed by atoms with van der Waals surface area (Å²) < 4.78 is 0. The van der Waals surface area contributed by atoms with Gasteiger partial charge in [0.2, 0.25) is 0 Å². The molecule has 6 nitrogen and oxygen atoms in total. The number of carbonyl (C=O) groups is 3. The van der Waals surface area contributed by atoms with E-state index in [9.17, 15) is 14.4 Å². The Morgan fingerprint density at radius 1 is 1.26 bits per heavy atom. The fourth-order valence-corrected chi connectivity index (χ4v) is 2.20. The summed E-state index contributed by atoms with van der Waals surface area (Å²) in [5.41, 5.74) is 1.84. The first kappa shape index (κ1) is 16.6. The maximum Gasteiger partial charge on any atom is 0.436 e. The van der Waals surface area contributed by atoms with Gasteiger partial charge in [-0.15, -0.1) is 5.06 Å². The van der Waals surface area contributed by atoms with E-state index in [1.54, 1.807) is 18.2 Å². The number of hydrogen-bond acceptors (Lipinski definition) is 5. The Morgan fingerprint density at radius 2 is 1.91 bits per heavy atom. The summed E-state index contributed by atoms with van der Waals surface area (Å²) in [6.45, 7) is 3.71. The van der Waals surface area contributed by atoms with Crippen LogP contribution in [0.25, 0.3) is 11.8 Å². The highest BCUT2D eigenvalue weighted by molar-refractivity contribution is 7.79. The highest BCUT2D eigenvalue weighted by Gasteiger charge is 2.33. The fraction of sp³-hybridized carbons (Fsp3) is 0.125. The Hall–Kier alpha value is -2.80. The fourth-order valence-electron chi connectivity index (χ4n) is 2.06. The van der Waals surface area contributed by atoms with Gasteiger partial charge in [0.05, 0.1) is 5.70 Å². The Labute approximate surface area is 138 Å². The van der Waals surface area contributed by atoms with Crippen LogP contribution >= 0.6 is 12.2 Å². The number of allylic oxidation sites excluding steroid dienone is 1. The van der Waals surface area contributed by atoms with Gasteiger partial charge < -0.3 is 4.84 Å². The molecule has 0 aromatic heterocycles. The van der Waals surface area contributed by atoms with Gasteiger partial charge in [-0.3, -0.25) is 14.9 Å². The molecule has 0 radical (unpaired) electrons. The monoisotopic (exact) mass is 330 g/mol. The first-order valence-electron chi connectivity index (χ1n) is 6.79. The summed E-state index contributed by atoms with van der Waals surface area (Å²) in [5.74, 6) is -1.09. The van der Waals surface area contributed by atoms with Crippen LogP contribution in [-0.4, -0.2) is 28.3 Å². The van der Waals surface area contributed by atoms with E-state index in [1.807, 2.05) is 12.1 Å². The minimum Gasteiger partial charge on any atom is -0.311 e. The minimum absolute atomic E-state index is 0.0358. The largest absolute Gasteiger partial charge is 0.436 e. The first-order chi connectivity index (χ1) is 11.1. The topological polar surface area (TPSA) is 75.7 Å². The van der Waals surface area contributed by atoms with Gasteiger partial charge in [-0.1, -0.05) is 49.1 Å². The van der Waals surface area contributed by atoms with E-state index >= 15 is 0 Å². The van der Waals surface area contributed by atoms with Crippen molar-refractivity contribution in [2.75, 3.05) is 0 Å². The normalized spacial score (nSPS) is 14.6. The predicted molar refractivity (Wildman–Crippen MR) is 88.9 cm³/mol. The molecule has 23 heavy (non-hydrogen) atoms. The first-order valence-corrected chi connectivity index (χ1v) is 7.26. The van der Waals surface area contributed by atoms with E-state index in [0.717, 1.165) is 5.56 Å². The quantitative estimate of drug-likeness (QED) is 0.510. The van der Waals surface area contributed by atoms with Gasteiger partial charge in [-0.25, -0.2) is 4.79 Å². The van der Waals surface area contributed by atoms with Gasteiger partial charge in [0, 0.05) is 23.8 Å². The smallest absolute Gasteiger partial charge is 0.311 e. The molecule has 0 atom stereocenters. The Kier molecular flexibility index (Phi) is 5.37. The summed E-state index contributed by atoms with van der Waals surface area (Å²) in [6, 6.07) is 7.21.